The predicted octanol–water partition coefficient (Wildman–Crippen LogP) is 1.42. The summed E-state index contributed by atoms with van der Waals surface area (Å²) in [5, 5.41) is 7.43. The van der Waals surface area contributed by atoms with Crippen molar-refractivity contribution in [3.05, 3.63) is 42.5 Å². The molecule has 1 aromatic carbocycles. The molecule has 0 radical (unpaired) electrons. The Balaban J connectivity index is 1.95. The molecular weight excluding hydrogens is 231 g/mol. The van der Waals surface area contributed by atoms with Gasteiger partial charge in [0.15, 0.2) is 0 Å². The third-order valence-electron chi connectivity index (χ3n) is 3.16. The lowest BCUT2D eigenvalue weighted by molar-refractivity contribution is 0.566. The van der Waals surface area contributed by atoms with E-state index in [1.165, 1.54) is 6.07 Å². The molecule has 4 nitrogen and oxygen atoms in total. The number of piperazine rings is 1. The SMILES string of the molecule is Fc1ccc(-n2cccn2)cc1N1CCNCC1. The zero-order chi connectivity index (χ0) is 12.4. The van der Waals surface area contributed by atoms with Crippen molar-refractivity contribution in [2.45, 2.75) is 0 Å². The maximum Gasteiger partial charge on any atom is 0.146 e. The summed E-state index contributed by atoms with van der Waals surface area (Å²) in [6.45, 7) is 3.45. The summed E-state index contributed by atoms with van der Waals surface area (Å²) in [4.78, 5) is 2.07. The maximum absolute atomic E-state index is 13.9. The summed E-state index contributed by atoms with van der Waals surface area (Å²) in [6.07, 6.45) is 3.57. The Morgan fingerprint density at radius 2 is 2.06 bits per heavy atom. The van der Waals surface area contributed by atoms with Crippen molar-refractivity contribution in [1.82, 2.24) is 15.1 Å². The molecule has 3 rings (SSSR count). The highest BCUT2D eigenvalue weighted by atomic mass is 19.1. The van der Waals surface area contributed by atoms with E-state index < -0.39 is 0 Å². The number of rotatable bonds is 2. The number of halogens is 1. The summed E-state index contributed by atoms with van der Waals surface area (Å²) >= 11 is 0. The van der Waals surface area contributed by atoms with E-state index >= 15 is 0 Å². The van der Waals surface area contributed by atoms with Crippen molar-refractivity contribution in [3.8, 4) is 5.69 Å². The minimum atomic E-state index is -0.173. The van der Waals surface area contributed by atoms with Crippen LogP contribution in [0.15, 0.2) is 36.7 Å². The van der Waals surface area contributed by atoms with Crippen molar-refractivity contribution >= 4 is 5.69 Å². The molecule has 0 saturated carbocycles. The molecule has 1 N–H and O–H groups in total. The van der Waals surface area contributed by atoms with E-state index in [9.17, 15) is 4.39 Å². The number of hydrogen-bond donors (Lipinski definition) is 1. The van der Waals surface area contributed by atoms with E-state index in [1.807, 2.05) is 18.3 Å². The lowest BCUT2D eigenvalue weighted by Crippen LogP contribution is -2.43. The van der Waals surface area contributed by atoms with Crippen LogP contribution in [0.1, 0.15) is 0 Å². The van der Waals surface area contributed by atoms with Crippen molar-refractivity contribution in [1.29, 1.82) is 0 Å². The van der Waals surface area contributed by atoms with E-state index in [2.05, 4.69) is 15.3 Å². The van der Waals surface area contributed by atoms with Crippen molar-refractivity contribution < 1.29 is 4.39 Å². The molecule has 1 aliphatic heterocycles. The first-order valence-electron chi connectivity index (χ1n) is 6.10. The molecule has 0 aliphatic carbocycles. The van der Waals surface area contributed by atoms with Crippen molar-refractivity contribution in [2.24, 2.45) is 0 Å². The molecule has 0 unspecified atom stereocenters. The standard InChI is InChI=1S/C13H15FN4/c14-12-3-2-11(18-7-1-4-16-18)10-13(12)17-8-5-15-6-9-17/h1-4,7,10,15H,5-6,8-9H2. The van der Waals surface area contributed by atoms with Gasteiger partial charge in [-0.05, 0) is 24.3 Å². The summed E-state index contributed by atoms with van der Waals surface area (Å²) in [7, 11) is 0. The Hall–Kier alpha value is -1.88. The van der Waals surface area contributed by atoms with Crippen LogP contribution in [0.5, 0.6) is 0 Å². The van der Waals surface area contributed by atoms with Crippen molar-refractivity contribution in [3.63, 3.8) is 0 Å². The minimum Gasteiger partial charge on any atom is -0.367 e. The summed E-state index contributed by atoms with van der Waals surface area (Å²) in [5.74, 6) is -0.173. The third kappa shape index (κ3) is 2.09. The molecule has 1 saturated heterocycles. The van der Waals surface area contributed by atoms with Crippen LogP contribution >= 0.6 is 0 Å². The van der Waals surface area contributed by atoms with Gasteiger partial charge in [0, 0.05) is 38.6 Å². The summed E-state index contributed by atoms with van der Waals surface area (Å²) < 4.78 is 15.6. The lowest BCUT2D eigenvalue weighted by Gasteiger charge is -2.30. The van der Waals surface area contributed by atoms with Crippen LogP contribution in [0.2, 0.25) is 0 Å². The van der Waals surface area contributed by atoms with Gasteiger partial charge < -0.3 is 10.2 Å². The number of nitrogens with one attached hydrogen (secondary N) is 1. The Morgan fingerprint density at radius 1 is 1.22 bits per heavy atom. The molecule has 18 heavy (non-hydrogen) atoms. The molecule has 1 aliphatic rings. The number of anilines is 1. The molecule has 0 bridgehead atoms. The van der Waals surface area contributed by atoms with E-state index in [0.29, 0.717) is 5.69 Å². The van der Waals surface area contributed by atoms with Gasteiger partial charge in [-0.2, -0.15) is 5.10 Å². The van der Waals surface area contributed by atoms with Gasteiger partial charge in [0.05, 0.1) is 11.4 Å². The summed E-state index contributed by atoms with van der Waals surface area (Å²) in [6, 6.07) is 6.96. The molecule has 0 amide bonds. The van der Waals surface area contributed by atoms with Crippen LogP contribution in [-0.4, -0.2) is 36.0 Å². The van der Waals surface area contributed by atoms with Crippen molar-refractivity contribution in [2.75, 3.05) is 31.1 Å². The number of nitrogens with zero attached hydrogens (tertiary/aromatic N) is 3. The number of aromatic nitrogens is 2. The van der Waals surface area contributed by atoms with Crippen LogP contribution < -0.4 is 10.2 Å². The van der Waals surface area contributed by atoms with E-state index in [-0.39, 0.29) is 5.82 Å². The molecule has 94 valence electrons. The average Bonchev–Trinajstić information content (AvgIpc) is 2.94. The second-order valence-electron chi connectivity index (χ2n) is 4.32. The molecule has 2 heterocycles. The van der Waals surface area contributed by atoms with Gasteiger partial charge in [0.1, 0.15) is 5.82 Å². The van der Waals surface area contributed by atoms with Gasteiger partial charge in [0.25, 0.3) is 0 Å². The largest absolute Gasteiger partial charge is 0.367 e. The molecule has 5 heteroatoms. The van der Waals surface area contributed by atoms with Gasteiger partial charge in [-0.25, -0.2) is 9.07 Å². The molecule has 0 atom stereocenters. The molecular formula is C13H15FN4. The fraction of sp³-hybridized carbons (Fsp3) is 0.308. The second kappa shape index (κ2) is 4.78. The maximum atomic E-state index is 13.9. The second-order valence-corrected chi connectivity index (χ2v) is 4.32. The highest BCUT2D eigenvalue weighted by Gasteiger charge is 2.15. The zero-order valence-corrected chi connectivity index (χ0v) is 10.0. The Kier molecular flexibility index (Phi) is 2.98. The Bertz CT molecular complexity index is 518. The zero-order valence-electron chi connectivity index (χ0n) is 10.0. The van der Waals surface area contributed by atoms with Gasteiger partial charge in [-0.1, -0.05) is 0 Å². The molecule has 1 fully saturated rings. The highest BCUT2D eigenvalue weighted by Crippen LogP contribution is 2.23. The number of benzene rings is 1. The predicted molar refractivity (Wildman–Crippen MR) is 68.6 cm³/mol. The van der Waals surface area contributed by atoms with Gasteiger partial charge in [0.2, 0.25) is 0 Å². The Labute approximate surface area is 105 Å². The highest BCUT2D eigenvalue weighted by molar-refractivity contribution is 5.54. The normalized spacial score (nSPS) is 15.9. The average molecular weight is 246 g/mol. The molecule has 1 aromatic heterocycles. The first-order valence-corrected chi connectivity index (χ1v) is 6.10. The first-order chi connectivity index (χ1) is 8.84. The minimum absolute atomic E-state index is 0.173. The van der Waals surface area contributed by atoms with Gasteiger partial charge in [-0.15, -0.1) is 0 Å². The number of hydrogen-bond acceptors (Lipinski definition) is 3. The molecule has 2 aromatic rings. The van der Waals surface area contributed by atoms with Crippen LogP contribution in [0.3, 0.4) is 0 Å². The lowest BCUT2D eigenvalue weighted by atomic mass is 10.2. The van der Waals surface area contributed by atoms with Gasteiger partial charge >= 0.3 is 0 Å². The van der Waals surface area contributed by atoms with Crippen LogP contribution in [-0.2, 0) is 0 Å². The van der Waals surface area contributed by atoms with Crippen LogP contribution in [0.4, 0.5) is 10.1 Å². The smallest absolute Gasteiger partial charge is 0.146 e. The third-order valence-corrected chi connectivity index (χ3v) is 3.16. The quantitative estimate of drug-likeness (QED) is 0.870. The van der Waals surface area contributed by atoms with E-state index in [1.54, 1.807) is 16.9 Å². The summed E-state index contributed by atoms with van der Waals surface area (Å²) in [5.41, 5.74) is 1.54. The monoisotopic (exact) mass is 246 g/mol. The van der Waals surface area contributed by atoms with Gasteiger partial charge in [-0.3, -0.25) is 0 Å². The Morgan fingerprint density at radius 3 is 2.78 bits per heavy atom. The van der Waals surface area contributed by atoms with E-state index in [0.717, 1.165) is 31.9 Å². The molecule has 0 spiro atoms. The van der Waals surface area contributed by atoms with Crippen LogP contribution in [0.25, 0.3) is 5.69 Å². The fourth-order valence-electron chi connectivity index (χ4n) is 2.21. The van der Waals surface area contributed by atoms with Crippen LogP contribution in [0, 0.1) is 5.82 Å². The van der Waals surface area contributed by atoms with E-state index in [4.69, 9.17) is 0 Å². The first kappa shape index (κ1) is 11.2. The fourth-order valence-corrected chi connectivity index (χ4v) is 2.21. The topological polar surface area (TPSA) is 33.1 Å².